The molecule has 184 valence electrons. The van der Waals surface area contributed by atoms with Gasteiger partial charge in [0, 0.05) is 43.9 Å². The van der Waals surface area contributed by atoms with Crippen molar-refractivity contribution in [3.63, 3.8) is 0 Å². The maximum Gasteiger partial charge on any atom is 0.330 e. The number of likely N-dealkylation sites (N-methyl/N-ethyl adjacent to an activating group) is 1. The van der Waals surface area contributed by atoms with E-state index in [0.717, 1.165) is 36.8 Å². The average molecular weight is 482 g/mol. The summed E-state index contributed by atoms with van der Waals surface area (Å²) >= 11 is 0. The SMILES string of the molecule is CCC(F)(F)N(c1ccccc1)c1cc(C(N)=O)cc(Nc2ccc(N3CCN(C)CC3)cn2)n1. The van der Waals surface area contributed by atoms with Gasteiger partial charge in [-0.05, 0) is 43.4 Å². The van der Waals surface area contributed by atoms with Crippen molar-refractivity contribution in [2.24, 2.45) is 5.73 Å². The molecule has 1 amide bonds. The summed E-state index contributed by atoms with van der Waals surface area (Å²) in [4.78, 5) is 26.2. The highest BCUT2D eigenvalue weighted by atomic mass is 19.3. The van der Waals surface area contributed by atoms with Gasteiger partial charge < -0.3 is 20.9 Å². The Morgan fingerprint density at radius 1 is 1.09 bits per heavy atom. The minimum absolute atomic E-state index is 0.0550. The molecule has 8 nitrogen and oxygen atoms in total. The molecule has 0 radical (unpaired) electrons. The van der Waals surface area contributed by atoms with Gasteiger partial charge in [0.05, 0.1) is 11.9 Å². The first-order valence-electron chi connectivity index (χ1n) is 11.5. The minimum Gasteiger partial charge on any atom is -0.368 e. The summed E-state index contributed by atoms with van der Waals surface area (Å²) in [7, 11) is 2.10. The monoisotopic (exact) mass is 481 g/mol. The number of primary amides is 1. The summed E-state index contributed by atoms with van der Waals surface area (Å²) in [6.07, 6.45) is 1.30. The van der Waals surface area contributed by atoms with Crippen molar-refractivity contribution in [2.75, 3.05) is 48.3 Å². The smallest absolute Gasteiger partial charge is 0.330 e. The van der Waals surface area contributed by atoms with E-state index in [2.05, 4.69) is 32.1 Å². The lowest BCUT2D eigenvalue weighted by atomic mass is 10.2. The van der Waals surface area contributed by atoms with Gasteiger partial charge in [-0.1, -0.05) is 25.1 Å². The lowest BCUT2D eigenvalue weighted by Gasteiger charge is -2.33. The molecule has 3 heterocycles. The van der Waals surface area contributed by atoms with E-state index in [1.54, 1.807) is 42.6 Å². The largest absolute Gasteiger partial charge is 0.368 e. The number of carbonyl (C=O) groups is 1. The number of pyridine rings is 2. The second-order valence-corrected chi connectivity index (χ2v) is 8.47. The molecule has 2 aromatic heterocycles. The molecule has 4 rings (SSSR count). The predicted octanol–water partition coefficient (Wildman–Crippen LogP) is 4.21. The molecule has 1 fully saturated rings. The minimum atomic E-state index is -3.25. The Morgan fingerprint density at radius 2 is 1.80 bits per heavy atom. The number of benzene rings is 1. The number of piperazine rings is 1. The molecule has 3 N–H and O–H groups in total. The van der Waals surface area contributed by atoms with Crippen molar-refractivity contribution in [3.8, 4) is 0 Å². The Kier molecular flexibility index (Phi) is 7.11. The van der Waals surface area contributed by atoms with Crippen LogP contribution in [-0.2, 0) is 0 Å². The highest BCUT2D eigenvalue weighted by molar-refractivity contribution is 5.94. The normalized spacial score (nSPS) is 14.6. The Bertz CT molecular complexity index is 1150. The Morgan fingerprint density at radius 3 is 2.40 bits per heavy atom. The zero-order valence-corrected chi connectivity index (χ0v) is 19.8. The molecule has 0 aliphatic carbocycles. The Hall–Kier alpha value is -3.79. The van der Waals surface area contributed by atoms with E-state index in [1.807, 2.05) is 6.07 Å². The molecule has 0 spiro atoms. The van der Waals surface area contributed by atoms with Crippen LogP contribution < -0.4 is 20.9 Å². The third kappa shape index (κ3) is 5.65. The van der Waals surface area contributed by atoms with Crippen LogP contribution in [0.3, 0.4) is 0 Å². The van der Waals surface area contributed by atoms with Crippen molar-refractivity contribution < 1.29 is 13.6 Å². The summed E-state index contributed by atoms with van der Waals surface area (Å²) in [5.74, 6) is -0.195. The zero-order chi connectivity index (χ0) is 25.0. The molecule has 0 unspecified atom stereocenters. The van der Waals surface area contributed by atoms with E-state index >= 15 is 8.78 Å². The third-order valence-corrected chi connectivity index (χ3v) is 5.96. The average Bonchev–Trinajstić information content (AvgIpc) is 2.85. The summed E-state index contributed by atoms with van der Waals surface area (Å²) in [6.45, 7) is 5.17. The number of hydrogen-bond donors (Lipinski definition) is 2. The first kappa shape index (κ1) is 24.3. The van der Waals surface area contributed by atoms with Crippen molar-refractivity contribution in [1.29, 1.82) is 0 Å². The van der Waals surface area contributed by atoms with Crippen LogP contribution in [-0.4, -0.2) is 60.0 Å². The molecule has 10 heteroatoms. The van der Waals surface area contributed by atoms with Gasteiger partial charge >= 0.3 is 6.05 Å². The molecule has 1 aliphatic heterocycles. The third-order valence-electron chi connectivity index (χ3n) is 5.96. The number of aromatic nitrogens is 2. The number of halogens is 2. The molecule has 1 saturated heterocycles. The number of rotatable bonds is 8. The fraction of sp³-hybridized carbons (Fsp3) is 0.320. The fourth-order valence-corrected chi connectivity index (χ4v) is 3.90. The second-order valence-electron chi connectivity index (χ2n) is 8.47. The summed E-state index contributed by atoms with van der Waals surface area (Å²) in [5.41, 5.74) is 6.81. The lowest BCUT2D eigenvalue weighted by Crippen LogP contribution is -2.44. The molecular weight excluding hydrogens is 452 g/mol. The summed E-state index contributed by atoms with van der Waals surface area (Å²) in [6, 6.07) is 11.4. The van der Waals surface area contributed by atoms with Gasteiger partial charge in [0.15, 0.2) is 0 Å². The number of nitrogens with zero attached hydrogens (tertiary/aromatic N) is 5. The van der Waals surface area contributed by atoms with Gasteiger partial charge in [0.2, 0.25) is 5.91 Å². The van der Waals surface area contributed by atoms with Crippen LogP contribution in [0.5, 0.6) is 0 Å². The molecule has 35 heavy (non-hydrogen) atoms. The number of carbonyl (C=O) groups excluding carboxylic acids is 1. The van der Waals surface area contributed by atoms with E-state index in [4.69, 9.17) is 5.73 Å². The lowest BCUT2D eigenvalue weighted by molar-refractivity contribution is 0.00408. The molecule has 0 bridgehead atoms. The van der Waals surface area contributed by atoms with Crippen molar-refractivity contribution in [1.82, 2.24) is 14.9 Å². The molecule has 1 aliphatic rings. The molecule has 3 aromatic rings. The van der Waals surface area contributed by atoms with Crippen LogP contribution in [0.15, 0.2) is 60.8 Å². The molecule has 0 atom stereocenters. The van der Waals surface area contributed by atoms with Gasteiger partial charge in [-0.25, -0.2) is 9.97 Å². The summed E-state index contributed by atoms with van der Waals surface area (Å²) < 4.78 is 30.1. The standard InChI is InChI=1S/C25H29F2N7O/c1-3-25(26,27)34(19-7-5-4-6-8-19)23-16-18(24(28)35)15-22(31-23)30-21-10-9-20(17-29-21)33-13-11-32(2)12-14-33/h4-10,15-17H,3,11-14H2,1-2H3,(H2,28,35)(H,29,30,31). The summed E-state index contributed by atoms with van der Waals surface area (Å²) in [5, 5.41) is 3.02. The van der Waals surface area contributed by atoms with Crippen molar-refractivity contribution >= 4 is 34.7 Å². The van der Waals surface area contributed by atoms with Crippen LogP contribution >= 0.6 is 0 Å². The predicted molar refractivity (Wildman–Crippen MR) is 134 cm³/mol. The Labute approximate surface area is 203 Å². The van der Waals surface area contributed by atoms with E-state index in [0.29, 0.717) is 5.82 Å². The van der Waals surface area contributed by atoms with Gasteiger partial charge in [-0.3, -0.25) is 9.69 Å². The number of anilines is 5. The number of amides is 1. The van der Waals surface area contributed by atoms with Gasteiger partial charge in [0.25, 0.3) is 0 Å². The van der Waals surface area contributed by atoms with E-state index in [-0.39, 0.29) is 22.9 Å². The number of para-hydroxylation sites is 1. The van der Waals surface area contributed by atoms with Crippen LogP contribution in [0, 0.1) is 0 Å². The first-order valence-corrected chi connectivity index (χ1v) is 11.5. The molecule has 0 saturated carbocycles. The van der Waals surface area contributed by atoms with E-state index < -0.39 is 18.4 Å². The van der Waals surface area contributed by atoms with E-state index in [1.165, 1.54) is 19.1 Å². The van der Waals surface area contributed by atoms with Gasteiger partial charge in [0.1, 0.15) is 17.5 Å². The van der Waals surface area contributed by atoms with Crippen LogP contribution in [0.2, 0.25) is 0 Å². The maximum atomic E-state index is 15.1. The quantitative estimate of drug-likeness (QED) is 0.466. The molecular formula is C25H29F2N7O. The first-order chi connectivity index (χ1) is 16.8. The zero-order valence-electron chi connectivity index (χ0n) is 19.8. The fourth-order valence-electron chi connectivity index (χ4n) is 3.90. The van der Waals surface area contributed by atoms with Crippen molar-refractivity contribution in [2.45, 2.75) is 19.4 Å². The van der Waals surface area contributed by atoms with Gasteiger partial charge in [-0.15, -0.1) is 0 Å². The number of nitrogens with one attached hydrogen (secondary N) is 1. The second kappa shape index (κ2) is 10.2. The highest BCUT2D eigenvalue weighted by Gasteiger charge is 2.37. The van der Waals surface area contributed by atoms with Crippen LogP contribution in [0.1, 0.15) is 23.7 Å². The maximum absolute atomic E-state index is 15.1. The topological polar surface area (TPSA) is 90.6 Å². The van der Waals surface area contributed by atoms with Crippen LogP contribution in [0.25, 0.3) is 0 Å². The number of nitrogens with two attached hydrogens (primary N) is 1. The van der Waals surface area contributed by atoms with Crippen molar-refractivity contribution in [3.05, 3.63) is 66.4 Å². The van der Waals surface area contributed by atoms with Gasteiger partial charge in [-0.2, -0.15) is 8.78 Å². The van der Waals surface area contributed by atoms with E-state index in [9.17, 15) is 4.79 Å². The number of hydrogen-bond acceptors (Lipinski definition) is 7. The highest BCUT2D eigenvalue weighted by Crippen LogP contribution is 2.37. The van der Waals surface area contributed by atoms with Crippen LogP contribution in [0.4, 0.5) is 37.6 Å². The number of alkyl halides is 2. The molecule has 1 aromatic carbocycles. The Balaban J connectivity index is 1.65.